The number of pyridine rings is 1. The molecule has 1 aromatic heterocycles. The maximum absolute atomic E-state index is 12.2. The lowest BCUT2D eigenvalue weighted by Gasteiger charge is -2.09. The van der Waals surface area contributed by atoms with Gasteiger partial charge in [0.05, 0.1) is 26.6 Å². The van der Waals surface area contributed by atoms with E-state index < -0.39 is 11.9 Å². The van der Waals surface area contributed by atoms with Crippen LogP contribution in [0, 0.1) is 7.14 Å². The third-order valence-corrected chi connectivity index (χ3v) is 3.96. The van der Waals surface area contributed by atoms with Gasteiger partial charge < -0.3 is 15.5 Å². The Morgan fingerprint density at radius 1 is 1.14 bits per heavy atom. The quantitative estimate of drug-likeness (QED) is 0.552. The van der Waals surface area contributed by atoms with Crippen LogP contribution in [0.1, 0.15) is 20.7 Å². The van der Waals surface area contributed by atoms with Gasteiger partial charge in [-0.05, 0) is 63.4 Å². The molecule has 1 amide bonds. The number of hydrogen-bond acceptors (Lipinski definition) is 4. The highest BCUT2D eigenvalue weighted by Gasteiger charge is 2.16. The van der Waals surface area contributed by atoms with Crippen molar-refractivity contribution >= 4 is 62.7 Å². The summed E-state index contributed by atoms with van der Waals surface area (Å²) < 4.78 is 1.36. The minimum Gasteiger partial charge on any atom is -0.506 e. The molecule has 6 nitrogen and oxygen atoms in total. The van der Waals surface area contributed by atoms with E-state index in [1.807, 2.05) is 45.2 Å². The van der Waals surface area contributed by atoms with Gasteiger partial charge in [-0.15, -0.1) is 0 Å². The summed E-state index contributed by atoms with van der Waals surface area (Å²) in [6.07, 6.45) is 2.52. The predicted octanol–water partition coefficient (Wildman–Crippen LogP) is 2.95. The Balaban J connectivity index is 2.30. The summed E-state index contributed by atoms with van der Waals surface area (Å²) in [6, 6.07) is 4.57. The summed E-state index contributed by atoms with van der Waals surface area (Å²) in [4.78, 5) is 26.8. The highest BCUT2D eigenvalue weighted by molar-refractivity contribution is 14.1. The van der Waals surface area contributed by atoms with Gasteiger partial charge in [0, 0.05) is 9.77 Å². The van der Waals surface area contributed by atoms with Crippen LogP contribution in [0.25, 0.3) is 0 Å². The molecule has 0 radical (unpaired) electrons. The number of carboxylic acids is 1. The number of benzene rings is 1. The van der Waals surface area contributed by atoms with Crippen LogP contribution in [0.4, 0.5) is 5.69 Å². The number of aromatic carboxylic acids is 1. The Morgan fingerprint density at radius 3 is 2.52 bits per heavy atom. The van der Waals surface area contributed by atoms with Crippen molar-refractivity contribution in [3.63, 3.8) is 0 Å². The number of carbonyl (C=O) groups is 2. The van der Waals surface area contributed by atoms with E-state index in [0.717, 1.165) is 3.57 Å². The highest BCUT2D eigenvalue weighted by atomic mass is 127. The lowest BCUT2D eigenvalue weighted by molar-refractivity contribution is 0.0696. The molecule has 3 N–H and O–H groups in total. The number of halogens is 2. The topological polar surface area (TPSA) is 99.5 Å². The van der Waals surface area contributed by atoms with Crippen molar-refractivity contribution in [3.05, 3.63) is 48.9 Å². The lowest BCUT2D eigenvalue weighted by atomic mass is 10.2. The van der Waals surface area contributed by atoms with Gasteiger partial charge in [0.1, 0.15) is 5.75 Å². The number of aromatic hydroxyl groups is 1. The summed E-state index contributed by atoms with van der Waals surface area (Å²) in [6.45, 7) is 0. The van der Waals surface area contributed by atoms with Gasteiger partial charge in [0.2, 0.25) is 0 Å². The van der Waals surface area contributed by atoms with Gasteiger partial charge in [-0.1, -0.05) is 0 Å². The Bertz CT molecular complexity index is 734. The fraction of sp³-hybridized carbons (Fsp3) is 0. The Morgan fingerprint density at radius 2 is 1.86 bits per heavy atom. The summed E-state index contributed by atoms with van der Waals surface area (Å²) in [5, 5.41) is 21.3. The molecule has 21 heavy (non-hydrogen) atoms. The Hall–Kier alpha value is -1.43. The molecule has 0 atom stereocenters. The molecule has 0 unspecified atom stereocenters. The van der Waals surface area contributed by atoms with Gasteiger partial charge in [0.15, 0.2) is 0 Å². The molecule has 0 bridgehead atoms. The molecule has 0 aliphatic rings. The van der Waals surface area contributed by atoms with Crippen molar-refractivity contribution in [2.75, 3.05) is 5.32 Å². The first-order valence-corrected chi connectivity index (χ1v) is 7.72. The largest absolute Gasteiger partial charge is 0.506 e. The van der Waals surface area contributed by atoms with Crippen LogP contribution in [0.3, 0.4) is 0 Å². The molecule has 108 valence electrons. The van der Waals surface area contributed by atoms with E-state index in [1.54, 1.807) is 12.1 Å². The minimum atomic E-state index is -1.13. The van der Waals surface area contributed by atoms with Crippen molar-refractivity contribution in [2.24, 2.45) is 0 Å². The van der Waals surface area contributed by atoms with Crippen molar-refractivity contribution in [1.82, 2.24) is 4.98 Å². The monoisotopic (exact) mass is 510 g/mol. The number of phenolic OH excluding ortho intramolecular Hbond substituents is 1. The number of hydrogen-bond donors (Lipinski definition) is 3. The van der Waals surface area contributed by atoms with Crippen LogP contribution in [-0.4, -0.2) is 27.1 Å². The lowest BCUT2D eigenvalue weighted by Crippen LogP contribution is -2.13. The van der Waals surface area contributed by atoms with E-state index in [4.69, 9.17) is 5.11 Å². The van der Waals surface area contributed by atoms with E-state index in [-0.39, 0.29) is 22.6 Å². The molecular weight excluding hydrogens is 502 g/mol. The molecular formula is C13H8I2N2O4. The van der Waals surface area contributed by atoms with Crippen LogP contribution in [0.2, 0.25) is 0 Å². The summed E-state index contributed by atoms with van der Waals surface area (Å²) in [5.74, 6) is -1.78. The van der Waals surface area contributed by atoms with Crippen LogP contribution in [0.5, 0.6) is 5.75 Å². The van der Waals surface area contributed by atoms with Gasteiger partial charge in [-0.2, -0.15) is 0 Å². The zero-order chi connectivity index (χ0) is 15.6. The standard InChI is InChI=1S/C13H8I2N2O4/c14-7-2-9(11(18)10(15)3-7)12(19)17-8-1-6(13(20)21)4-16-5-8/h1-5,18H,(H,17,19)(H,20,21). The average Bonchev–Trinajstić information content (AvgIpc) is 2.43. The van der Waals surface area contributed by atoms with E-state index in [2.05, 4.69) is 10.3 Å². The molecule has 1 aromatic carbocycles. The number of amides is 1. The number of aromatic nitrogens is 1. The van der Waals surface area contributed by atoms with E-state index in [9.17, 15) is 14.7 Å². The van der Waals surface area contributed by atoms with Gasteiger partial charge >= 0.3 is 5.97 Å². The third-order valence-electron chi connectivity index (χ3n) is 2.52. The van der Waals surface area contributed by atoms with E-state index >= 15 is 0 Å². The van der Waals surface area contributed by atoms with E-state index in [1.165, 1.54) is 18.5 Å². The molecule has 0 saturated carbocycles. The van der Waals surface area contributed by atoms with E-state index in [0.29, 0.717) is 3.57 Å². The number of carboxylic acid groups (broad SMARTS) is 1. The minimum absolute atomic E-state index is 0.0331. The first-order valence-electron chi connectivity index (χ1n) is 5.56. The number of anilines is 1. The first kappa shape index (κ1) is 15.9. The van der Waals surface area contributed by atoms with Crippen molar-refractivity contribution < 1.29 is 19.8 Å². The summed E-state index contributed by atoms with van der Waals surface area (Å²) in [7, 11) is 0. The molecule has 0 fully saturated rings. The number of rotatable bonds is 3. The van der Waals surface area contributed by atoms with Crippen molar-refractivity contribution in [2.45, 2.75) is 0 Å². The van der Waals surface area contributed by atoms with Crippen LogP contribution < -0.4 is 5.32 Å². The van der Waals surface area contributed by atoms with Crippen LogP contribution in [-0.2, 0) is 0 Å². The Kier molecular flexibility index (Phi) is 4.98. The molecule has 0 spiro atoms. The fourth-order valence-corrected chi connectivity index (χ4v) is 3.41. The maximum atomic E-state index is 12.2. The number of phenols is 1. The van der Waals surface area contributed by atoms with Gasteiger partial charge in [0.25, 0.3) is 5.91 Å². The first-order chi connectivity index (χ1) is 9.88. The van der Waals surface area contributed by atoms with Crippen LogP contribution in [0.15, 0.2) is 30.6 Å². The fourth-order valence-electron chi connectivity index (χ4n) is 1.56. The van der Waals surface area contributed by atoms with Crippen LogP contribution >= 0.6 is 45.2 Å². The third kappa shape index (κ3) is 3.81. The second kappa shape index (κ2) is 6.56. The number of carbonyl (C=O) groups excluding carboxylic acids is 1. The SMILES string of the molecule is O=C(O)c1cncc(NC(=O)c2cc(I)cc(I)c2O)c1. The molecule has 0 aliphatic heterocycles. The molecule has 0 aliphatic carbocycles. The molecule has 2 rings (SSSR count). The normalized spacial score (nSPS) is 10.2. The number of nitrogens with zero attached hydrogens (tertiary/aromatic N) is 1. The van der Waals surface area contributed by atoms with Gasteiger partial charge in [-0.3, -0.25) is 9.78 Å². The summed E-state index contributed by atoms with van der Waals surface area (Å²) >= 11 is 3.97. The predicted molar refractivity (Wildman–Crippen MR) is 92.7 cm³/mol. The molecule has 2 aromatic rings. The molecule has 0 saturated heterocycles. The van der Waals surface area contributed by atoms with Gasteiger partial charge in [-0.25, -0.2) is 4.79 Å². The molecule has 1 heterocycles. The second-order valence-electron chi connectivity index (χ2n) is 4.01. The maximum Gasteiger partial charge on any atom is 0.337 e. The second-order valence-corrected chi connectivity index (χ2v) is 6.41. The smallest absolute Gasteiger partial charge is 0.337 e. The average molecular weight is 510 g/mol. The zero-order valence-electron chi connectivity index (χ0n) is 10.3. The number of nitrogens with one attached hydrogen (secondary N) is 1. The molecule has 8 heteroatoms. The van der Waals surface area contributed by atoms with Crippen molar-refractivity contribution in [3.8, 4) is 5.75 Å². The zero-order valence-corrected chi connectivity index (χ0v) is 14.6. The van der Waals surface area contributed by atoms with Crippen molar-refractivity contribution in [1.29, 1.82) is 0 Å². The Labute approximate surface area is 146 Å². The highest BCUT2D eigenvalue weighted by Crippen LogP contribution is 2.27. The summed E-state index contributed by atoms with van der Waals surface area (Å²) in [5.41, 5.74) is 0.328.